The van der Waals surface area contributed by atoms with E-state index in [4.69, 9.17) is 4.74 Å². The number of hydrogen-bond acceptors (Lipinski definition) is 4. The van der Waals surface area contributed by atoms with Gasteiger partial charge in [-0.05, 0) is 42.4 Å². The van der Waals surface area contributed by atoms with Crippen molar-refractivity contribution in [2.24, 2.45) is 5.92 Å². The highest BCUT2D eigenvalue weighted by Crippen LogP contribution is 2.41. The zero-order valence-electron chi connectivity index (χ0n) is 14.4. The molecule has 2 aromatic rings. The molecule has 2 aromatic carbocycles. The molecule has 0 radical (unpaired) electrons. The first-order chi connectivity index (χ1) is 12.7. The van der Waals surface area contributed by atoms with Crippen LogP contribution in [-0.4, -0.2) is 23.7 Å². The van der Waals surface area contributed by atoms with Crippen molar-refractivity contribution in [3.05, 3.63) is 65.7 Å². The van der Waals surface area contributed by atoms with Crippen LogP contribution in [0.1, 0.15) is 30.0 Å². The molecule has 0 aromatic heterocycles. The van der Waals surface area contributed by atoms with Gasteiger partial charge in [0.15, 0.2) is 6.61 Å². The Hall–Kier alpha value is -2.27. The summed E-state index contributed by atoms with van der Waals surface area (Å²) in [6.45, 7) is -0.220. The Morgan fingerprint density at radius 3 is 2.54 bits per heavy atom. The molecule has 26 heavy (non-hydrogen) atoms. The molecule has 0 saturated heterocycles. The number of hydrogen-bond donors (Lipinski definition) is 1. The number of amides is 1. The second kappa shape index (κ2) is 7.54. The fourth-order valence-corrected chi connectivity index (χ4v) is 4.52. The van der Waals surface area contributed by atoms with E-state index in [2.05, 4.69) is 5.32 Å². The van der Waals surface area contributed by atoms with Crippen LogP contribution in [0.2, 0.25) is 0 Å². The van der Waals surface area contributed by atoms with E-state index >= 15 is 0 Å². The molecule has 0 spiro atoms. The van der Waals surface area contributed by atoms with Crippen LogP contribution in [0, 0.1) is 5.92 Å². The van der Waals surface area contributed by atoms with Crippen LogP contribution in [0.4, 0.5) is 0 Å². The van der Waals surface area contributed by atoms with Crippen molar-refractivity contribution in [1.29, 1.82) is 0 Å². The largest absolute Gasteiger partial charge is 0.455 e. The first-order valence-electron chi connectivity index (χ1n) is 8.96. The fourth-order valence-electron chi connectivity index (χ4n) is 3.32. The summed E-state index contributed by atoms with van der Waals surface area (Å²) in [5.74, 6) is -0.0689. The third kappa shape index (κ3) is 3.93. The molecule has 4 rings (SSSR count). The lowest BCUT2D eigenvalue weighted by Crippen LogP contribution is -2.34. The molecule has 1 amide bonds. The Morgan fingerprint density at radius 1 is 1.08 bits per heavy atom. The van der Waals surface area contributed by atoms with Gasteiger partial charge in [-0.25, -0.2) is 0 Å². The second-order valence-electron chi connectivity index (χ2n) is 6.82. The molecule has 1 heterocycles. The monoisotopic (exact) mass is 367 g/mol. The van der Waals surface area contributed by atoms with Crippen LogP contribution >= 0.6 is 11.8 Å². The van der Waals surface area contributed by atoms with Crippen LogP contribution in [0.3, 0.4) is 0 Å². The van der Waals surface area contributed by atoms with Crippen molar-refractivity contribution in [2.75, 3.05) is 6.61 Å². The molecule has 1 aliphatic heterocycles. The molecule has 134 valence electrons. The Morgan fingerprint density at radius 2 is 1.81 bits per heavy atom. The molecule has 1 aliphatic carbocycles. The van der Waals surface area contributed by atoms with E-state index in [0.717, 1.165) is 23.3 Å². The number of ether oxygens (including phenoxy) is 1. The first-order valence-corrected chi connectivity index (χ1v) is 9.84. The fraction of sp³-hybridized carbons (Fsp3) is 0.333. The number of thioether (sulfide) groups is 1. The van der Waals surface area contributed by atoms with E-state index < -0.39 is 0 Å². The molecule has 1 saturated carbocycles. The van der Waals surface area contributed by atoms with Crippen molar-refractivity contribution >= 4 is 23.6 Å². The lowest BCUT2D eigenvalue weighted by Gasteiger charge is -2.19. The van der Waals surface area contributed by atoms with Gasteiger partial charge in [-0.15, -0.1) is 11.8 Å². The summed E-state index contributed by atoms with van der Waals surface area (Å²) in [4.78, 5) is 25.7. The van der Waals surface area contributed by atoms with Crippen LogP contribution in [0.5, 0.6) is 0 Å². The quantitative estimate of drug-likeness (QED) is 0.794. The van der Waals surface area contributed by atoms with Gasteiger partial charge in [0.05, 0.1) is 6.04 Å². The lowest BCUT2D eigenvalue weighted by molar-refractivity contribution is -0.148. The third-order valence-electron chi connectivity index (χ3n) is 4.82. The average molecular weight is 367 g/mol. The maximum atomic E-state index is 12.3. The molecular formula is C21H21NO3S. The number of carbonyl (C=O) groups excluding carboxylic acids is 2. The molecule has 2 unspecified atom stereocenters. The van der Waals surface area contributed by atoms with Gasteiger partial charge in [-0.3, -0.25) is 9.59 Å². The SMILES string of the molecule is O=C(COC(=O)C1Cc2ccccc2S1)NC(c1ccccc1)C1CC1. The van der Waals surface area contributed by atoms with E-state index in [0.29, 0.717) is 12.3 Å². The zero-order valence-corrected chi connectivity index (χ0v) is 15.2. The van der Waals surface area contributed by atoms with Crippen LogP contribution in [-0.2, 0) is 20.7 Å². The van der Waals surface area contributed by atoms with Gasteiger partial charge in [0, 0.05) is 4.90 Å². The Kier molecular flexibility index (Phi) is 4.98. The van der Waals surface area contributed by atoms with Crippen molar-refractivity contribution in [3.8, 4) is 0 Å². The van der Waals surface area contributed by atoms with E-state index in [-0.39, 0.29) is 29.8 Å². The second-order valence-corrected chi connectivity index (χ2v) is 8.06. The number of carbonyl (C=O) groups is 2. The minimum atomic E-state index is -0.316. The third-order valence-corrected chi connectivity index (χ3v) is 6.12. The van der Waals surface area contributed by atoms with Gasteiger partial charge in [0.1, 0.15) is 5.25 Å². The van der Waals surface area contributed by atoms with Crippen molar-refractivity contribution in [3.63, 3.8) is 0 Å². The molecular weight excluding hydrogens is 346 g/mol. The maximum Gasteiger partial charge on any atom is 0.320 e. The summed E-state index contributed by atoms with van der Waals surface area (Å²) in [6.07, 6.45) is 2.91. The number of rotatable bonds is 6. The molecule has 5 heteroatoms. The van der Waals surface area contributed by atoms with Gasteiger partial charge < -0.3 is 10.1 Å². The Labute approximate surface area is 157 Å². The van der Waals surface area contributed by atoms with Gasteiger partial charge >= 0.3 is 5.97 Å². The number of esters is 1. The summed E-state index contributed by atoms with van der Waals surface area (Å²) >= 11 is 1.52. The summed E-state index contributed by atoms with van der Waals surface area (Å²) in [5.41, 5.74) is 2.28. The maximum absolute atomic E-state index is 12.3. The molecule has 1 N–H and O–H groups in total. The summed E-state index contributed by atoms with van der Waals surface area (Å²) in [6, 6.07) is 18.0. The van der Waals surface area contributed by atoms with Crippen LogP contribution in [0.25, 0.3) is 0 Å². The van der Waals surface area contributed by atoms with Gasteiger partial charge in [0.2, 0.25) is 0 Å². The standard InChI is InChI=1S/C21H21NO3S/c23-19(22-20(15-10-11-15)14-6-2-1-3-7-14)13-25-21(24)18-12-16-8-4-5-9-17(16)26-18/h1-9,15,18,20H,10-13H2,(H,22,23). The van der Waals surface area contributed by atoms with Gasteiger partial charge in [-0.1, -0.05) is 48.5 Å². The first kappa shape index (κ1) is 17.2. The zero-order chi connectivity index (χ0) is 17.9. The van der Waals surface area contributed by atoms with E-state index in [1.54, 1.807) is 0 Å². The molecule has 2 aliphatic rings. The van der Waals surface area contributed by atoms with Crippen molar-refractivity contribution < 1.29 is 14.3 Å². The Balaban J connectivity index is 1.29. The highest BCUT2D eigenvalue weighted by Gasteiger charge is 2.34. The minimum Gasteiger partial charge on any atom is -0.455 e. The van der Waals surface area contributed by atoms with Crippen LogP contribution < -0.4 is 5.32 Å². The lowest BCUT2D eigenvalue weighted by atomic mass is 10.0. The van der Waals surface area contributed by atoms with Gasteiger partial charge in [0.25, 0.3) is 5.91 Å². The predicted octanol–water partition coefficient (Wildman–Crippen LogP) is 3.51. The van der Waals surface area contributed by atoms with Crippen molar-refractivity contribution in [2.45, 2.75) is 35.4 Å². The Bertz CT molecular complexity index is 779. The smallest absolute Gasteiger partial charge is 0.320 e. The van der Waals surface area contributed by atoms with Gasteiger partial charge in [-0.2, -0.15) is 0 Å². The summed E-state index contributed by atoms with van der Waals surface area (Å²) in [7, 11) is 0. The van der Waals surface area contributed by atoms with Crippen LogP contribution in [0.15, 0.2) is 59.5 Å². The normalized spacial score (nSPS) is 19.5. The van der Waals surface area contributed by atoms with E-state index in [1.807, 2.05) is 54.6 Å². The number of nitrogens with one attached hydrogen (secondary N) is 1. The van der Waals surface area contributed by atoms with E-state index in [1.165, 1.54) is 17.3 Å². The van der Waals surface area contributed by atoms with Crippen molar-refractivity contribution in [1.82, 2.24) is 5.32 Å². The molecule has 2 atom stereocenters. The molecule has 1 fully saturated rings. The summed E-state index contributed by atoms with van der Waals surface area (Å²) < 4.78 is 5.28. The van der Waals surface area contributed by atoms with E-state index in [9.17, 15) is 9.59 Å². The topological polar surface area (TPSA) is 55.4 Å². The molecule has 4 nitrogen and oxygen atoms in total. The predicted molar refractivity (Wildman–Crippen MR) is 101 cm³/mol. The molecule has 0 bridgehead atoms. The highest BCUT2D eigenvalue weighted by atomic mass is 32.2. The number of benzene rings is 2. The minimum absolute atomic E-state index is 0.00696. The number of fused-ring (bicyclic) bond motifs is 1. The summed E-state index contributed by atoms with van der Waals surface area (Å²) in [5, 5.41) is 2.78. The average Bonchev–Trinajstić information content (AvgIpc) is 3.42. The highest BCUT2D eigenvalue weighted by molar-refractivity contribution is 8.01.